The van der Waals surface area contributed by atoms with E-state index in [9.17, 15) is 22.6 Å². The highest BCUT2D eigenvalue weighted by atomic mass is 32.2. The van der Waals surface area contributed by atoms with E-state index >= 15 is 0 Å². The number of benzene rings is 1. The summed E-state index contributed by atoms with van der Waals surface area (Å²) in [6, 6.07) is 3.51. The molecule has 0 atom stereocenters. The van der Waals surface area contributed by atoms with Crippen molar-refractivity contribution in [3.63, 3.8) is 0 Å². The lowest BCUT2D eigenvalue weighted by Gasteiger charge is -2.23. The molecule has 0 spiro atoms. The molecule has 2 aliphatic rings. The maximum Gasteiger partial charge on any atom is 0.339 e. The van der Waals surface area contributed by atoms with Gasteiger partial charge >= 0.3 is 11.9 Å². The van der Waals surface area contributed by atoms with Crippen LogP contribution in [0, 0.1) is 0 Å². The average Bonchev–Trinajstić information content (AvgIpc) is 2.68. The van der Waals surface area contributed by atoms with Crippen molar-refractivity contribution in [1.82, 2.24) is 0 Å². The summed E-state index contributed by atoms with van der Waals surface area (Å²) in [4.78, 5) is 24.2. The zero-order chi connectivity index (χ0) is 20.1. The fourth-order valence-corrected chi connectivity index (χ4v) is 4.54. The molecule has 154 valence electrons. The SMILES string of the molecule is O=C(OC1CCCCC1)c1ccc(C(=O)OC2CCCCC2)c(S(=O)(=O)O)c1. The highest BCUT2D eigenvalue weighted by Crippen LogP contribution is 2.26. The maximum absolute atomic E-state index is 12.5. The van der Waals surface area contributed by atoms with Gasteiger partial charge in [0, 0.05) is 0 Å². The fourth-order valence-electron chi connectivity index (χ4n) is 3.83. The molecule has 28 heavy (non-hydrogen) atoms. The highest BCUT2D eigenvalue weighted by molar-refractivity contribution is 7.86. The number of carbonyl (C=O) groups excluding carboxylic acids is 2. The Morgan fingerprint density at radius 2 is 1.32 bits per heavy atom. The molecule has 2 aliphatic carbocycles. The minimum atomic E-state index is -4.72. The number of esters is 2. The van der Waals surface area contributed by atoms with Crippen LogP contribution >= 0.6 is 0 Å². The van der Waals surface area contributed by atoms with Crippen LogP contribution in [0.25, 0.3) is 0 Å². The summed E-state index contributed by atoms with van der Waals surface area (Å²) in [7, 11) is -4.72. The van der Waals surface area contributed by atoms with Crippen molar-refractivity contribution in [1.29, 1.82) is 0 Å². The molecule has 1 aromatic carbocycles. The van der Waals surface area contributed by atoms with Crippen molar-refractivity contribution in [2.45, 2.75) is 81.3 Å². The fraction of sp³-hybridized carbons (Fsp3) is 0.600. The van der Waals surface area contributed by atoms with E-state index in [1.807, 2.05) is 0 Å². The molecule has 7 nitrogen and oxygen atoms in total. The second-order valence-electron chi connectivity index (χ2n) is 7.52. The Balaban J connectivity index is 1.79. The van der Waals surface area contributed by atoms with Crippen LogP contribution in [0.1, 0.15) is 84.9 Å². The minimum absolute atomic E-state index is 0.0209. The first-order chi connectivity index (χ1) is 13.3. The lowest BCUT2D eigenvalue weighted by Crippen LogP contribution is -2.23. The van der Waals surface area contributed by atoms with E-state index in [1.165, 1.54) is 12.1 Å². The summed E-state index contributed by atoms with van der Waals surface area (Å²) in [5.41, 5.74) is -0.297. The van der Waals surface area contributed by atoms with Gasteiger partial charge in [-0.1, -0.05) is 12.8 Å². The van der Waals surface area contributed by atoms with E-state index in [-0.39, 0.29) is 23.3 Å². The van der Waals surface area contributed by atoms with Gasteiger partial charge in [0.15, 0.2) is 0 Å². The zero-order valence-corrected chi connectivity index (χ0v) is 16.6. The summed E-state index contributed by atoms with van der Waals surface area (Å²) < 4.78 is 44.0. The quantitative estimate of drug-likeness (QED) is 0.579. The van der Waals surface area contributed by atoms with Gasteiger partial charge in [-0.15, -0.1) is 0 Å². The molecule has 0 aliphatic heterocycles. The van der Waals surface area contributed by atoms with Crippen molar-refractivity contribution < 1.29 is 32.0 Å². The van der Waals surface area contributed by atoms with Crippen LogP contribution in [0.2, 0.25) is 0 Å². The summed E-state index contributed by atoms with van der Waals surface area (Å²) in [5, 5.41) is 0. The second kappa shape index (κ2) is 9.05. The largest absolute Gasteiger partial charge is 0.459 e. The molecule has 0 heterocycles. The van der Waals surface area contributed by atoms with Gasteiger partial charge in [-0.2, -0.15) is 8.42 Å². The number of hydrogen-bond donors (Lipinski definition) is 1. The summed E-state index contributed by atoms with van der Waals surface area (Å²) >= 11 is 0. The van der Waals surface area contributed by atoms with Crippen molar-refractivity contribution in [3.8, 4) is 0 Å². The summed E-state index contributed by atoms with van der Waals surface area (Å²) in [6.45, 7) is 0. The van der Waals surface area contributed by atoms with E-state index in [0.29, 0.717) is 0 Å². The van der Waals surface area contributed by atoms with Crippen LogP contribution in [-0.4, -0.2) is 37.1 Å². The molecule has 1 aromatic rings. The number of hydrogen-bond acceptors (Lipinski definition) is 6. The third kappa shape index (κ3) is 5.32. The standard InChI is InChI=1S/C20H26O7S/c21-19(26-15-7-3-1-4-8-15)14-11-12-17(18(13-14)28(23,24)25)20(22)27-16-9-5-2-6-10-16/h11-13,15-16H,1-10H2,(H,23,24,25). The molecule has 0 unspecified atom stereocenters. The molecule has 0 amide bonds. The highest BCUT2D eigenvalue weighted by Gasteiger charge is 2.27. The molecule has 0 radical (unpaired) electrons. The zero-order valence-electron chi connectivity index (χ0n) is 15.8. The van der Waals surface area contributed by atoms with Gasteiger partial charge in [0.05, 0.1) is 11.1 Å². The van der Waals surface area contributed by atoms with Gasteiger partial charge in [-0.25, -0.2) is 9.59 Å². The molecule has 0 aromatic heterocycles. The van der Waals surface area contributed by atoms with Crippen LogP contribution in [0.15, 0.2) is 23.1 Å². The number of ether oxygens (including phenoxy) is 2. The van der Waals surface area contributed by atoms with Gasteiger partial charge < -0.3 is 9.47 Å². The Morgan fingerprint density at radius 1 is 0.821 bits per heavy atom. The monoisotopic (exact) mass is 410 g/mol. The molecule has 1 N–H and O–H groups in total. The molecule has 3 rings (SSSR count). The first-order valence-electron chi connectivity index (χ1n) is 9.88. The Hall–Kier alpha value is -1.93. The topological polar surface area (TPSA) is 107 Å². The van der Waals surface area contributed by atoms with Crippen LogP contribution in [-0.2, 0) is 19.6 Å². The minimum Gasteiger partial charge on any atom is -0.459 e. The lowest BCUT2D eigenvalue weighted by atomic mass is 9.97. The van der Waals surface area contributed by atoms with E-state index in [2.05, 4.69) is 0 Å². The second-order valence-corrected chi connectivity index (χ2v) is 8.91. The van der Waals surface area contributed by atoms with Crippen molar-refractivity contribution in [3.05, 3.63) is 29.3 Å². The molecule has 8 heteroatoms. The Labute approximate surface area is 165 Å². The van der Waals surface area contributed by atoms with Crippen molar-refractivity contribution >= 4 is 22.1 Å². The van der Waals surface area contributed by atoms with Crippen molar-refractivity contribution in [2.75, 3.05) is 0 Å². The Bertz CT molecular complexity index is 819. The van der Waals surface area contributed by atoms with Gasteiger partial charge in [0.1, 0.15) is 17.1 Å². The predicted octanol–water partition coefficient (Wildman–Crippen LogP) is 3.91. The van der Waals surface area contributed by atoms with E-state index < -0.39 is 27.0 Å². The van der Waals surface area contributed by atoms with Crippen LogP contribution < -0.4 is 0 Å². The van der Waals surface area contributed by atoms with E-state index in [4.69, 9.17) is 9.47 Å². The van der Waals surface area contributed by atoms with Crippen LogP contribution in [0.3, 0.4) is 0 Å². The lowest BCUT2D eigenvalue weighted by molar-refractivity contribution is 0.0193. The van der Waals surface area contributed by atoms with Crippen LogP contribution in [0.4, 0.5) is 0 Å². The van der Waals surface area contributed by atoms with E-state index in [0.717, 1.165) is 70.3 Å². The van der Waals surface area contributed by atoms with Gasteiger partial charge in [-0.05, 0) is 69.6 Å². The first kappa shape index (κ1) is 20.8. The Morgan fingerprint density at radius 3 is 1.82 bits per heavy atom. The smallest absolute Gasteiger partial charge is 0.339 e. The summed E-state index contributed by atoms with van der Waals surface area (Å²) in [5.74, 6) is -1.48. The average molecular weight is 410 g/mol. The molecule has 2 saturated carbocycles. The molecule has 0 bridgehead atoms. The molecular formula is C20H26O7S. The molecule has 0 saturated heterocycles. The Kier molecular flexibility index (Phi) is 6.72. The van der Waals surface area contributed by atoms with Crippen LogP contribution in [0.5, 0.6) is 0 Å². The first-order valence-corrected chi connectivity index (χ1v) is 11.3. The van der Waals surface area contributed by atoms with E-state index in [1.54, 1.807) is 0 Å². The third-order valence-electron chi connectivity index (χ3n) is 5.37. The number of carbonyl (C=O) groups is 2. The van der Waals surface area contributed by atoms with Gasteiger partial charge in [-0.3, -0.25) is 4.55 Å². The normalized spacial score (nSPS) is 19.2. The molecular weight excluding hydrogens is 384 g/mol. The van der Waals surface area contributed by atoms with Gasteiger partial charge in [0.25, 0.3) is 10.1 Å². The van der Waals surface area contributed by atoms with Gasteiger partial charge in [0.2, 0.25) is 0 Å². The van der Waals surface area contributed by atoms with Crippen molar-refractivity contribution in [2.24, 2.45) is 0 Å². The summed E-state index contributed by atoms with van der Waals surface area (Å²) in [6.07, 6.45) is 8.66. The number of rotatable bonds is 5. The maximum atomic E-state index is 12.5. The molecule has 2 fully saturated rings. The third-order valence-corrected chi connectivity index (χ3v) is 6.26. The predicted molar refractivity (Wildman–Crippen MR) is 101 cm³/mol.